The lowest BCUT2D eigenvalue weighted by Gasteiger charge is -2.33. The van der Waals surface area contributed by atoms with Gasteiger partial charge in [-0.2, -0.15) is 0 Å². The minimum Gasteiger partial charge on any atom is -0.352 e. The standard InChI is InChI=1S/C18H25N3O3/c1-13(2)18(24)21-10-8-15(9-11-21)20-16(22)12-19-17(23)14-6-4-3-5-7-14/h3-7,13,15H,8-12H2,1-2H3,(H,19,23)(H,20,22). The van der Waals surface area contributed by atoms with Crippen LogP contribution in [0.2, 0.25) is 0 Å². The van der Waals surface area contributed by atoms with Crippen molar-refractivity contribution in [2.24, 2.45) is 5.92 Å². The predicted molar refractivity (Wildman–Crippen MR) is 91.4 cm³/mol. The Balaban J connectivity index is 1.70. The maximum atomic E-state index is 12.0. The second-order valence-electron chi connectivity index (χ2n) is 6.37. The first kappa shape index (κ1) is 18.0. The summed E-state index contributed by atoms with van der Waals surface area (Å²) in [4.78, 5) is 37.6. The van der Waals surface area contributed by atoms with Gasteiger partial charge in [0.1, 0.15) is 0 Å². The van der Waals surface area contributed by atoms with E-state index in [1.807, 2.05) is 24.8 Å². The van der Waals surface area contributed by atoms with Crippen LogP contribution in [0.4, 0.5) is 0 Å². The Hall–Kier alpha value is -2.37. The van der Waals surface area contributed by atoms with E-state index in [-0.39, 0.29) is 36.2 Å². The number of hydrogen-bond acceptors (Lipinski definition) is 3. The van der Waals surface area contributed by atoms with E-state index in [0.717, 1.165) is 12.8 Å². The van der Waals surface area contributed by atoms with Crippen molar-refractivity contribution in [2.45, 2.75) is 32.7 Å². The van der Waals surface area contributed by atoms with Gasteiger partial charge in [0, 0.05) is 30.6 Å². The van der Waals surface area contributed by atoms with E-state index in [1.54, 1.807) is 24.3 Å². The molecule has 2 N–H and O–H groups in total. The normalized spacial score (nSPS) is 15.2. The number of carbonyl (C=O) groups is 3. The van der Waals surface area contributed by atoms with Crippen molar-refractivity contribution < 1.29 is 14.4 Å². The Bertz CT molecular complexity index is 578. The molecule has 2 rings (SSSR count). The number of nitrogens with zero attached hydrogens (tertiary/aromatic N) is 1. The van der Waals surface area contributed by atoms with Crippen molar-refractivity contribution in [1.29, 1.82) is 0 Å². The van der Waals surface area contributed by atoms with Crippen LogP contribution in [0, 0.1) is 5.92 Å². The molecule has 0 spiro atoms. The number of nitrogens with one attached hydrogen (secondary N) is 2. The molecule has 3 amide bonds. The minimum atomic E-state index is -0.261. The maximum absolute atomic E-state index is 12.0. The number of piperidine rings is 1. The number of benzene rings is 1. The molecule has 24 heavy (non-hydrogen) atoms. The van der Waals surface area contributed by atoms with Gasteiger partial charge in [-0.1, -0.05) is 32.0 Å². The molecule has 0 radical (unpaired) electrons. The molecule has 6 nitrogen and oxygen atoms in total. The minimum absolute atomic E-state index is 0.00402. The van der Waals surface area contributed by atoms with Gasteiger partial charge in [-0.25, -0.2) is 0 Å². The Morgan fingerprint density at radius 1 is 1.12 bits per heavy atom. The molecule has 0 unspecified atom stereocenters. The van der Waals surface area contributed by atoms with Crippen LogP contribution in [0.3, 0.4) is 0 Å². The van der Waals surface area contributed by atoms with Crippen molar-refractivity contribution in [3.8, 4) is 0 Å². The van der Waals surface area contributed by atoms with E-state index in [1.165, 1.54) is 0 Å². The fraction of sp³-hybridized carbons (Fsp3) is 0.500. The molecule has 130 valence electrons. The summed E-state index contributed by atoms with van der Waals surface area (Å²) in [6.07, 6.45) is 1.49. The lowest BCUT2D eigenvalue weighted by Crippen LogP contribution is -2.49. The molecule has 0 aromatic heterocycles. The van der Waals surface area contributed by atoms with Crippen molar-refractivity contribution in [3.63, 3.8) is 0 Å². The molecular formula is C18H25N3O3. The second-order valence-corrected chi connectivity index (χ2v) is 6.37. The molecule has 0 bridgehead atoms. The first-order valence-corrected chi connectivity index (χ1v) is 8.38. The van der Waals surface area contributed by atoms with Crippen LogP contribution in [0.15, 0.2) is 30.3 Å². The summed E-state index contributed by atoms with van der Waals surface area (Å²) in [5.41, 5.74) is 0.533. The molecule has 0 atom stereocenters. The first-order chi connectivity index (χ1) is 11.5. The first-order valence-electron chi connectivity index (χ1n) is 8.38. The number of carbonyl (C=O) groups excluding carboxylic acids is 3. The summed E-state index contributed by atoms with van der Waals surface area (Å²) < 4.78 is 0. The predicted octanol–water partition coefficient (Wildman–Crippen LogP) is 1.18. The zero-order chi connectivity index (χ0) is 17.5. The van der Waals surface area contributed by atoms with Gasteiger partial charge in [-0.15, -0.1) is 0 Å². The average Bonchev–Trinajstić information content (AvgIpc) is 2.60. The highest BCUT2D eigenvalue weighted by molar-refractivity contribution is 5.96. The Morgan fingerprint density at radius 2 is 1.75 bits per heavy atom. The van der Waals surface area contributed by atoms with E-state index in [9.17, 15) is 14.4 Å². The van der Waals surface area contributed by atoms with Crippen LogP contribution in [0.1, 0.15) is 37.0 Å². The zero-order valence-corrected chi connectivity index (χ0v) is 14.2. The summed E-state index contributed by atoms with van der Waals surface area (Å²) in [7, 11) is 0. The Kier molecular flexibility index (Phi) is 6.35. The quantitative estimate of drug-likeness (QED) is 0.850. The van der Waals surface area contributed by atoms with Crippen LogP contribution >= 0.6 is 0 Å². The number of amides is 3. The van der Waals surface area contributed by atoms with Gasteiger partial charge in [0.15, 0.2) is 0 Å². The smallest absolute Gasteiger partial charge is 0.251 e. The summed E-state index contributed by atoms with van der Waals surface area (Å²) in [5.74, 6) is -0.296. The topological polar surface area (TPSA) is 78.5 Å². The largest absolute Gasteiger partial charge is 0.352 e. The molecule has 1 aliphatic heterocycles. The summed E-state index contributed by atoms with van der Waals surface area (Å²) in [5, 5.41) is 5.54. The van der Waals surface area contributed by atoms with Crippen molar-refractivity contribution in [1.82, 2.24) is 15.5 Å². The van der Waals surface area contributed by atoms with Gasteiger partial charge in [0.05, 0.1) is 6.54 Å². The third-order valence-electron chi connectivity index (χ3n) is 4.11. The number of rotatable bonds is 5. The van der Waals surface area contributed by atoms with Crippen LogP contribution < -0.4 is 10.6 Å². The molecule has 0 aliphatic carbocycles. The van der Waals surface area contributed by atoms with Crippen molar-refractivity contribution in [3.05, 3.63) is 35.9 Å². The fourth-order valence-corrected chi connectivity index (χ4v) is 2.74. The summed E-state index contributed by atoms with van der Waals surface area (Å²) in [6, 6.07) is 8.86. The molecule has 1 aliphatic rings. The number of likely N-dealkylation sites (tertiary alicyclic amines) is 1. The van der Waals surface area contributed by atoms with Gasteiger partial charge in [0.25, 0.3) is 5.91 Å². The molecule has 1 fully saturated rings. The molecule has 1 aromatic rings. The van der Waals surface area contributed by atoms with Gasteiger partial charge < -0.3 is 15.5 Å². The summed E-state index contributed by atoms with van der Waals surface area (Å²) >= 11 is 0. The molecule has 0 saturated carbocycles. The van der Waals surface area contributed by atoms with Crippen LogP contribution in [0.5, 0.6) is 0 Å². The van der Waals surface area contributed by atoms with Gasteiger partial charge in [-0.3, -0.25) is 14.4 Å². The average molecular weight is 331 g/mol. The highest BCUT2D eigenvalue weighted by Gasteiger charge is 2.25. The number of hydrogen-bond donors (Lipinski definition) is 2. The van der Waals surface area contributed by atoms with E-state index in [4.69, 9.17) is 0 Å². The molecule has 1 heterocycles. The van der Waals surface area contributed by atoms with Gasteiger partial charge >= 0.3 is 0 Å². The zero-order valence-electron chi connectivity index (χ0n) is 14.2. The maximum Gasteiger partial charge on any atom is 0.251 e. The lowest BCUT2D eigenvalue weighted by molar-refractivity contribution is -0.135. The van der Waals surface area contributed by atoms with E-state index in [2.05, 4.69) is 10.6 Å². The third kappa shape index (κ3) is 5.08. The Labute approximate surface area is 142 Å². The lowest BCUT2D eigenvalue weighted by atomic mass is 10.0. The van der Waals surface area contributed by atoms with E-state index < -0.39 is 0 Å². The molecule has 1 saturated heterocycles. The van der Waals surface area contributed by atoms with Crippen LogP contribution in [0.25, 0.3) is 0 Å². The molecular weight excluding hydrogens is 306 g/mol. The highest BCUT2D eigenvalue weighted by atomic mass is 16.2. The molecule has 1 aromatic carbocycles. The monoisotopic (exact) mass is 331 g/mol. The van der Waals surface area contributed by atoms with E-state index in [0.29, 0.717) is 18.7 Å². The SMILES string of the molecule is CC(C)C(=O)N1CCC(NC(=O)CNC(=O)c2ccccc2)CC1. The van der Waals surface area contributed by atoms with Crippen molar-refractivity contribution in [2.75, 3.05) is 19.6 Å². The highest BCUT2D eigenvalue weighted by Crippen LogP contribution is 2.13. The second kappa shape index (κ2) is 8.47. The summed E-state index contributed by atoms with van der Waals surface area (Å²) in [6.45, 7) is 5.08. The van der Waals surface area contributed by atoms with Crippen LogP contribution in [-0.4, -0.2) is 48.3 Å². The van der Waals surface area contributed by atoms with E-state index >= 15 is 0 Å². The van der Waals surface area contributed by atoms with Crippen LogP contribution in [-0.2, 0) is 9.59 Å². The Morgan fingerprint density at radius 3 is 2.33 bits per heavy atom. The molecule has 6 heteroatoms. The fourth-order valence-electron chi connectivity index (χ4n) is 2.74. The van der Waals surface area contributed by atoms with Crippen molar-refractivity contribution >= 4 is 17.7 Å². The van der Waals surface area contributed by atoms with Gasteiger partial charge in [0.2, 0.25) is 11.8 Å². The third-order valence-corrected chi connectivity index (χ3v) is 4.11. The van der Waals surface area contributed by atoms with Gasteiger partial charge in [-0.05, 0) is 25.0 Å².